The Kier molecular flexibility index (Phi) is 3.84. The van der Waals surface area contributed by atoms with Gasteiger partial charge in [-0.15, -0.1) is 0 Å². The van der Waals surface area contributed by atoms with Gasteiger partial charge in [-0.05, 0) is 36.1 Å². The second-order valence-electron chi connectivity index (χ2n) is 5.64. The van der Waals surface area contributed by atoms with E-state index in [4.69, 9.17) is 16.3 Å². The number of hydrogen-bond donors (Lipinski definition) is 0. The molecule has 0 radical (unpaired) electrons. The van der Waals surface area contributed by atoms with E-state index < -0.39 is 9.84 Å². The highest BCUT2D eigenvalue weighted by molar-refractivity contribution is 7.91. The second kappa shape index (κ2) is 5.50. The standard InChI is InChI=1S/C14H16ClNO4S/c15-12-1-3-13(4-2-12)20-7-14(17)16-5-10-8-21(18,19)9-11(10)6-16/h1-4,10-11H,5-9H2/t10-,11+. The van der Waals surface area contributed by atoms with Gasteiger partial charge in [0.05, 0.1) is 11.5 Å². The van der Waals surface area contributed by atoms with Crippen LogP contribution in [0.15, 0.2) is 24.3 Å². The van der Waals surface area contributed by atoms with Crippen LogP contribution in [0.4, 0.5) is 0 Å². The zero-order valence-electron chi connectivity index (χ0n) is 11.4. The molecular weight excluding hydrogens is 314 g/mol. The lowest BCUT2D eigenvalue weighted by Crippen LogP contribution is -2.34. The van der Waals surface area contributed by atoms with Gasteiger partial charge < -0.3 is 9.64 Å². The maximum absolute atomic E-state index is 12.1. The number of ether oxygens (including phenoxy) is 1. The molecule has 0 unspecified atom stereocenters. The number of carbonyl (C=O) groups excluding carboxylic acids is 1. The molecule has 2 saturated heterocycles. The number of likely N-dealkylation sites (tertiary alicyclic amines) is 1. The predicted molar refractivity (Wildman–Crippen MR) is 79.2 cm³/mol. The normalized spacial score (nSPS) is 26.6. The van der Waals surface area contributed by atoms with Gasteiger partial charge in [0.25, 0.3) is 5.91 Å². The monoisotopic (exact) mass is 329 g/mol. The van der Waals surface area contributed by atoms with Gasteiger partial charge in [0.1, 0.15) is 5.75 Å². The third kappa shape index (κ3) is 3.32. The molecular formula is C14H16ClNO4S. The van der Waals surface area contributed by atoms with Gasteiger partial charge in [-0.25, -0.2) is 8.42 Å². The molecule has 3 rings (SSSR count). The summed E-state index contributed by atoms with van der Waals surface area (Å²) in [6.07, 6.45) is 0. The first-order valence-electron chi connectivity index (χ1n) is 6.79. The molecule has 0 spiro atoms. The molecule has 5 nitrogen and oxygen atoms in total. The molecule has 2 aliphatic rings. The van der Waals surface area contributed by atoms with Crippen molar-refractivity contribution in [2.24, 2.45) is 11.8 Å². The van der Waals surface area contributed by atoms with Crippen LogP contribution in [0.5, 0.6) is 5.75 Å². The topological polar surface area (TPSA) is 63.7 Å². The van der Waals surface area contributed by atoms with Gasteiger partial charge in [-0.1, -0.05) is 11.6 Å². The largest absolute Gasteiger partial charge is 0.484 e. The SMILES string of the molecule is O=C(COc1ccc(Cl)cc1)N1C[C@@H]2CS(=O)(=O)C[C@@H]2C1. The Hall–Kier alpha value is -1.27. The summed E-state index contributed by atoms with van der Waals surface area (Å²) in [4.78, 5) is 13.8. The molecule has 0 saturated carbocycles. The number of fused-ring (bicyclic) bond motifs is 1. The lowest BCUT2D eigenvalue weighted by atomic mass is 10.0. The predicted octanol–water partition coefficient (Wildman–Crippen LogP) is 1.22. The number of sulfone groups is 1. The van der Waals surface area contributed by atoms with Gasteiger partial charge in [0.2, 0.25) is 0 Å². The fourth-order valence-electron chi connectivity index (χ4n) is 3.01. The van der Waals surface area contributed by atoms with Crippen molar-refractivity contribution < 1.29 is 17.9 Å². The quantitative estimate of drug-likeness (QED) is 0.836. The summed E-state index contributed by atoms with van der Waals surface area (Å²) in [5.41, 5.74) is 0. The van der Waals surface area contributed by atoms with Crippen LogP contribution in [-0.4, -0.2) is 50.4 Å². The molecule has 1 aromatic carbocycles. The first-order valence-corrected chi connectivity index (χ1v) is 8.99. The molecule has 0 aromatic heterocycles. The Morgan fingerprint density at radius 3 is 2.33 bits per heavy atom. The van der Waals surface area contributed by atoms with Crippen LogP contribution in [0.3, 0.4) is 0 Å². The number of benzene rings is 1. The van der Waals surface area contributed by atoms with Crippen molar-refractivity contribution in [3.8, 4) is 5.75 Å². The first-order chi connectivity index (χ1) is 9.93. The summed E-state index contributed by atoms with van der Waals surface area (Å²) in [5, 5.41) is 0.613. The lowest BCUT2D eigenvalue weighted by Gasteiger charge is -2.17. The summed E-state index contributed by atoms with van der Waals surface area (Å²) >= 11 is 5.78. The number of hydrogen-bond acceptors (Lipinski definition) is 4. The molecule has 2 heterocycles. The number of carbonyl (C=O) groups is 1. The molecule has 114 valence electrons. The van der Waals surface area contributed by atoms with Crippen molar-refractivity contribution in [1.82, 2.24) is 4.90 Å². The zero-order chi connectivity index (χ0) is 15.0. The van der Waals surface area contributed by atoms with Gasteiger partial charge in [-0.3, -0.25) is 4.79 Å². The summed E-state index contributed by atoms with van der Waals surface area (Å²) in [6.45, 7) is 1.01. The van der Waals surface area contributed by atoms with Crippen LogP contribution >= 0.6 is 11.6 Å². The fraction of sp³-hybridized carbons (Fsp3) is 0.500. The van der Waals surface area contributed by atoms with Crippen LogP contribution in [0.1, 0.15) is 0 Å². The molecule has 1 amide bonds. The van der Waals surface area contributed by atoms with E-state index in [1.807, 2.05) is 0 Å². The molecule has 0 N–H and O–H groups in total. The van der Waals surface area contributed by atoms with E-state index in [1.165, 1.54) is 0 Å². The summed E-state index contributed by atoms with van der Waals surface area (Å²) < 4.78 is 28.5. The molecule has 0 bridgehead atoms. The molecule has 0 aliphatic carbocycles. The number of nitrogens with zero attached hydrogens (tertiary/aromatic N) is 1. The van der Waals surface area contributed by atoms with E-state index >= 15 is 0 Å². The Bertz CT molecular complexity index is 623. The summed E-state index contributed by atoms with van der Waals surface area (Å²) in [7, 11) is -2.90. The third-order valence-corrected chi connectivity index (χ3v) is 6.17. The van der Waals surface area contributed by atoms with Crippen LogP contribution in [-0.2, 0) is 14.6 Å². The maximum atomic E-state index is 12.1. The highest BCUT2D eigenvalue weighted by Crippen LogP contribution is 2.32. The van der Waals surface area contributed by atoms with Crippen molar-refractivity contribution in [2.75, 3.05) is 31.2 Å². The van der Waals surface area contributed by atoms with Gasteiger partial charge in [0.15, 0.2) is 16.4 Å². The smallest absolute Gasteiger partial charge is 0.260 e. The van der Waals surface area contributed by atoms with Gasteiger partial charge in [0, 0.05) is 18.1 Å². The third-order valence-electron chi connectivity index (χ3n) is 4.04. The van der Waals surface area contributed by atoms with Crippen LogP contribution in [0.2, 0.25) is 5.02 Å². The van der Waals surface area contributed by atoms with E-state index in [2.05, 4.69) is 0 Å². The Balaban J connectivity index is 1.52. The van der Waals surface area contributed by atoms with Gasteiger partial charge >= 0.3 is 0 Å². The number of rotatable bonds is 3. The molecule has 2 fully saturated rings. The zero-order valence-corrected chi connectivity index (χ0v) is 12.9. The van der Waals surface area contributed by atoms with Crippen molar-refractivity contribution in [1.29, 1.82) is 0 Å². The fourth-order valence-corrected chi connectivity index (χ4v) is 5.33. The Morgan fingerprint density at radius 2 is 1.76 bits per heavy atom. The highest BCUT2D eigenvalue weighted by atomic mass is 35.5. The van der Waals surface area contributed by atoms with Gasteiger partial charge in [-0.2, -0.15) is 0 Å². The van der Waals surface area contributed by atoms with Crippen LogP contribution in [0.25, 0.3) is 0 Å². The van der Waals surface area contributed by atoms with E-state index in [0.717, 1.165) is 0 Å². The van der Waals surface area contributed by atoms with Crippen molar-refractivity contribution >= 4 is 27.3 Å². The Morgan fingerprint density at radius 1 is 1.19 bits per heavy atom. The maximum Gasteiger partial charge on any atom is 0.260 e. The first kappa shape index (κ1) is 14.7. The average molecular weight is 330 g/mol. The van der Waals surface area contributed by atoms with E-state index in [0.29, 0.717) is 23.9 Å². The highest BCUT2D eigenvalue weighted by Gasteiger charge is 2.44. The number of amides is 1. The minimum atomic E-state index is -2.90. The average Bonchev–Trinajstić information content (AvgIpc) is 2.91. The van der Waals surface area contributed by atoms with Crippen molar-refractivity contribution in [3.05, 3.63) is 29.3 Å². The minimum absolute atomic E-state index is 0.0339. The van der Waals surface area contributed by atoms with Crippen molar-refractivity contribution in [2.45, 2.75) is 0 Å². The van der Waals surface area contributed by atoms with E-state index in [9.17, 15) is 13.2 Å². The van der Waals surface area contributed by atoms with E-state index in [-0.39, 0.29) is 35.9 Å². The molecule has 1 aromatic rings. The molecule has 7 heteroatoms. The molecule has 2 aliphatic heterocycles. The summed E-state index contributed by atoms with van der Waals surface area (Å²) in [5.74, 6) is 1.09. The molecule has 21 heavy (non-hydrogen) atoms. The molecule has 2 atom stereocenters. The van der Waals surface area contributed by atoms with Crippen molar-refractivity contribution in [3.63, 3.8) is 0 Å². The summed E-state index contributed by atoms with van der Waals surface area (Å²) in [6, 6.07) is 6.82. The van der Waals surface area contributed by atoms with Crippen LogP contribution in [0, 0.1) is 11.8 Å². The van der Waals surface area contributed by atoms with Crippen LogP contribution < -0.4 is 4.74 Å². The lowest BCUT2D eigenvalue weighted by molar-refractivity contribution is -0.132. The van der Waals surface area contributed by atoms with E-state index in [1.54, 1.807) is 29.2 Å². The minimum Gasteiger partial charge on any atom is -0.484 e. The Labute approximate surface area is 128 Å². The number of halogens is 1. The second-order valence-corrected chi connectivity index (χ2v) is 8.23.